The van der Waals surface area contributed by atoms with Crippen LogP contribution in [0, 0.1) is 6.92 Å². The number of hydrogen-bond donors (Lipinski definition) is 1. The number of aromatic nitrogens is 3. The van der Waals surface area contributed by atoms with Gasteiger partial charge in [0.1, 0.15) is 5.82 Å². The fourth-order valence-electron chi connectivity index (χ4n) is 3.05. The van der Waals surface area contributed by atoms with Crippen LogP contribution in [0.2, 0.25) is 0 Å². The largest absolute Gasteiger partial charge is 0.481 e. The molecule has 1 saturated heterocycles. The number of nitrogens with zero attached hydrogens (tertiary/aromatic N) is 4. The van der Waals surface area contributed by atoms with Crippen molar-refractivity contribution in [3.63, 3.8) is 0 Å². The van der Waals surface area contributed by atoms with Gasteiger partial charge < -0.3 is 19.7 Å². The Morgan fingerprint density at radius 3 is 2.46 bits per heavy atom. The molecule has 0 amide bonds. The SMILES string of the molecule is COc1ccc(-c2ncc(C)c(Nc3ccc(N4CCOCC4)cc3)n2)cn1. The summed E-state index contributed by atoms with van der Waals surface area (Å²) in [5.41, 5.74) is 4.00. The van der Waals surface area contributed by atoms with E-state index in [1.54, 1.807) is 19.4 Å². The molecule has 1 fully saturated rings. The van der Waals surface area contributed by atoms with Gasteiger partial charge in [-0.05, 0) is 37.3 Å². The van der Waals surface area contributed by atoms with Crippen molar-refractivity contribution in [3.05, 3.63) is 54.4 Å². The summed E-state index contributed by atoms with van der Waals surface area (Å²) in [5.74, 6) is 1.96. The first kappa shape index (κ1) is 18.2. The van der Waals surface area contributed by atoms with Crippen molar-refractivity contribution in [3.8, 4) is 17.3 Å². The van der Waals surface area contributed by atoms with Gasteiger partial charge in [-0.2, -0.15) is 0 Å². The Balaban J connectivity index is 1.52. The van der Waals surface area contributed by atoms with Gasteiger partial charge in [-0.15, -0.1) is 0 Å². The zero-order valence-electron chi connectivity index (χ0n) is 16.1. The minimum absolute atomic E-state index is 0.564. The van der Waals surface area contributed by atoms with Gasteiger partial charge in [0, 0.05) is 54.1 Å². The first-order valence-corrected chi connectivity index (χ1v) is 9.27. The van der Waals surface area contributed by atoms with E-state index in [-0.39, 0.29) is 0 Å². The lowest BCUT2D eigenvalue weighted by molar-refractivity contribution is 0.122. The van der Waals surface area contributed by atoms with E-state index in [1.165, 1.54) is 5.69 Å². The molecule has 1 aliphatic heterocycles. The summed E-state index contributed by atoms with van der Waals surface area (Å²) in [6, 6.07) is 12.1. The average molecular weight is 377 g/mol. The predicted molar refractivity (Wildman–Crippen MR) is 109 cm³/mol. The number of ether oxygens (including phenoxy) is 2. The maximum absolute atomic E-state index is 5.42. The van der Waals surface area contributed by atoms with E-state index in [0.717, 1.165) is 48.9 Å². The fourth-order valence-corrected chi connectivity index (χ4v) is 3.05. The second-order valence-corrected chi connectivity index (χ2v) is 6.59. The Bertz CT molecular complexity index is 923. The predicted octanol–water partition coefficient (Wildman–Crippen LogP) is 3.44. The van der Waals surface area contributed by atoms with Crippen molar-refractivity contribution < 1.29 is 9.47 Å². The maximum atomic E-state index is 5.42. The number of rotatable bonds is 5. The van der Waals surface area contributed by atoms with Gasteiger partial charge in [0.05, 0.1) is 20.3 Å². The van der Waals surface area contributed by atoms with E-state index in [0.29, 0.717) is 11.7 Å². The molecule has 0 saturated carbocycles. The highest BCUT2D eigenvalue weighted by Crippen LogP contribution is 2.24. The molecule has 1 N–H and O–H groups in total. The van der Waals surface area contributed by atoms with Gasteiger partial charge in [-0.3, -0.25) is 0 Å². The summed E-state index contributed by atoms with van der Waals surface area (Å²) in [6.45, 7) is 5.40. The number of aryl methyl sites for hydroxylation is 1. The van der Waals surface area contributed by atoms with Crippen LogP contribution >= 0.6 is 0 Å². The van der Waals surface area contributed by atoms with Gasteiger partial charge in [0.2, 0.25) is 5.88 Å². The third-order valence-electron chi connectivity index (χ3n) is 4.68. The van der Waals surface area contributed by atoms with E-state index in [1.807, 2.05) is 19.2 Å². The standard InChI is InChI=1S/C21H23N5O2/c1-15-13-23-21(16-3-8-19(27-2)22-14-16)25-20(15)24-17-4-6-18(7-5-17)26-9-11-28-12-10-26/h3-8,13-14H,9-12H2,1-2H3,(H,23,24,25). The highest BCUT2D eigenvalue weighted by molar-refractivity contribution is 5.65. The van der Waals surface area contributed by atoms with E-state index < -0.39 is 0 Å². The van der Waals surface area contributed by atoms with Crippen LogP contribution in [0.3, 0.4) is 0 Å². The minimum Gasteiger partial charge on any atom is -0.481 e. The lowest BCUT2D eigenvalue weighted by atomic mass is 10.2. The Labute approximate surface area is 164 Å². The molecule has 1 aromatic carbocycles. The molecule has 0 spiro atoms. The molecule has 0 bridgehead atoms. The van der Waals surface area contributed by atoms with Gasteiger partial charge in [0.25, 0.3) is 0 Å². The lowest BCUT2D eigenvalue weighted by Crippen LogP contribution is -2.36. The first-order valence-electron chi connectivity index (χ1n) is 9.27. The summed E-state index contributed by atoms with van der Waals surface area (Å²) in [7, 11) is 1.59. The van der Waals surface area contributed by atoms with Crippen molar-refractivity contribution in [2.24, 2.45) is 0 Å². The normalized spacial score (nSPS) is 14.0. The molecule has 144 valence electrons. The zero-order valence-corrected chi connectivity index (χ0v) is 16.1. The van der Waals surface area contributed by atoms with Gasteiger partial charge in [0.15, 0.2) is 5.82 Å². The summed E-state index contributed by atoms with van der Waals surface area (Å²) >= 11 is 0. The Kier molecular flexibility index (Phi) is 5.34. The third-order valence-corrected chi connectivity index (χ3v) is 4.68. The number of anilines is 3. The smallest absolute Gasteiger partial charge is 0.212 e. The molecule has 28 heavy (non-hydrogen) atoms. The van der Waals surface area contributed by atoms with Gasteiger partial charge >= 0.3 is 0 Å². The van der Waals surface area contributed by atoms with Crippen LogP contribution in [0.5, 0.6) is 5.88 Å². The fraction of sp³-hybridized carbons (Fsp3) is 0.286. The van der Waals surface area contributed by atoms with Crippen molar-refractivity contribution in [1.82, 2.24) is 15.0 Å². The molecular formula is C21H23N5O2. The van der Waals surface area contributed by atoms with Gasteiger partial charge in [-0.25, -0.2) is 15.0 Å². The van der Waals surface area contributed by atoms with E-state index in [4.69, 9.17) is 9.47 Å². The first-order chi connectivity index (χ1) is 13.7. The van der Waals surface area contributed by atoms with E-state index >= 15 is 0 Å². The van der Waals surface area contributed by atoms with Crippen LogP contribution in [0.1, 0.15) is 5.56 Å². The molecule has 7 heteroatoms. The molecule has 0 radical (unpaired) electrons. The molecule has 4 rings (SSSR count). The van der Waals surface area contributed by atoms with Crippen LogP contribution < -0.4 is 15.0 Å². The highest BCUT2D eigenvalue weighted by Gasteiger charge is 2.11. The Morgan fingerprint density at radius 2 is 1.79 bits per heavy atom. The van der Waals surface area contributed by atoms with Crippen LogP contribution in [0.4, 0.5) is 17.2 Å². The van der Waals surface area contributed by atoms with Crippen molar-refractivity contribution in [2.75, 3.05) is 43.6 Å². The third kappa shape index (κ3) is 4.04. The second-order valence-electron chi connectivity index (χ2n) is 6.59. The Morgan fingerprint density at radius 1 is 1.00 bits per heavy atom. The summed E-state index contributed by atoms with van der Waals surface area (Å²) < 4.78 is 10.5. The lowest BCUT2D eigenvalue weighted by Gasteiger charge is -2.28. The number of nitrogens with one attached hydrogen (secondary N) is 1. The molecule has 2 aromatic heterocycles. The number of morpholine rings is 1. The van der Waals surface area contributed by atoms with E-state index in [9.17, 15) is 0 Å². The van der Waals surface area contributed by atoms with Crippen LogP contribution in [-0.4, -0.2) is 48.4 Å². The summed E-state index contributed by atoms with van der Waals surface area (Å²) in [5, 5.41) is 3.40. The zero-order chi connectivity index (χ0) is 19.3. The number of pyridine rings is 1. The number of methoxy groups -OCH3 is 1. The quantitative estimate of drug-likeness (QED) is 0.730. The highest BCUT2D eigenvalue weighted by atomic mass is 16.5. The molecule has 0 unspecified atom stereocenters. The summed E-state index contributed by atoms with van der Waals surface area (Å²) in [6.07, 6.45) is 3.53. The summed E-state index contributed by atoms with van der Waals surface area (Å²) in [4.78, 5) is 15.7. The molecular weight excluding hydrogens is 354 g/mol. The minimum atomic E-state index is 0.564. The Hall–Kier alpha value is -3.19. The maximum Gasteiger partial charge on any atom is 0.212 e. The molecule has 0 aliphatic carbocycles. The van der Waals surface area contributed by atoms with Crippen molar-refractivity contribution in [1.29, 1.82) is 0 Å². The topological polar surface area (TPSA) is 72.4 Å². The molecule has 3 heterocycles. The van der Waals surface area contributed by atoms with Crippen molar-refractivity contribution in [2.45, 2.75) is 6.92 Å². The van der Waals surface area contributed by atoms with E-state index in [2.05, 4.69) is 49.4 Å². The molecule has 3 aromatic rings. The number of hydrogen-bond acceptors (Lipinski definition) is 7. The molecule has 7 nitrogen and oxygen atoms in total. The second kappa shape index (κ2) is 8.22. The average Bonchev–Trinajstić information content (AvgIpc) is 2.76. The van der Waals surface area contributed by atoms with Crippen molar-refractivity contribution >= 4 is 17.2 Å². The van der Waals surface area contributed by atoms with Crippen LogP contribution in [0.25, 0.3) is 11.4 Å². The molecule has 1 aliphatic rings. The van der Waals surface area contributed by atoms with Crippen LogP contribution in [0.15, 0.2) is 48.8 Å². The number of benzene rings is 1. The molecule has 0 atom stereocenters. The van der Waals surface area contributed by atoms with Gasteiger partial charge in [-0.1, -0.05) is 0 Å². The van der Waals surface area contributed by atoms with Crippen LogP contribution in [-0.2, 0) is 4.74 Å². The monoisotopic (exact) mass is 377 g/mol.